The third-order valence-electron chi connectivity index (χ3n) is 3.46. The molecule has 0 radical (unpaired) electrons. The van der Waals surface area contributed by atoms with Gasteiger partial charge in [0.15, 0.2) is 5.76 Å². The van der Waals surface area contributed by atoms with E-state index in [1.54, 1.807) is 18.2 Å². The second-order valence-electron chi connectivity index (χ2n) is 4.98. The van der Waals surface area contributed by atoms with Crippen LogP contribution >= 0.6 is 0 Å². The van der Waals surface area contributed by atoms with Gasteiger partial charge in [-0.2, -0.15) is 18.4 Å². The summed E-state index contributed by atoms with van der Waals surface area (Å²) in [7, 11) is 0. The van der Waals surface area contributed by atoms with Gasteiger partial charge < -0.3 is 10.2 Å². The standard InChI is InChI=1S/C17H10F3N3O/c18-17(19,20)11-5-3-10(4-6-11)12-8-14(15-2-1-7-24-15)23-16(22)13(12)9-21/h1-8H,(H2,22,23). The zero-order valence-corrected chi connectivity index (χ0v) is 12.1. The number of anilines is 1. The molecular formula is C17H10F3N3O. The lowest BCUT2D eigenvalue weighted by Crippen LogP contribution is -2.04. The lowest BCUT2D eigenvalue weighted by Gasteiger charge is -2.11. The first-order valence-corrected chi connectivity index (χ1v) is 6.82. The van der Waals surface area contributed by atoms with Crippen molar-refractivity contribution in [3.8, 4) is 28.7 Å². The first-order valence-electron chi connectivity index (χ1n) is 6.82. The highest BCUT2D eigenvalue weighted by atomic mass is 19.4. The van der Waals surface area contributed by atoms with E-state index in [4.69, 9.17) is 10.2 Å². The predicted octanol–water partition coefficient (Wildman–Crippen LogP) is 4.48. The van der Waals surface area contributed by atoms with Gasteiger partial charge in [0.2, 0.25) is 0 Å². The largest absolute Gasteiger partial charge is 0.463 e. The molecule has 0 saturated carbocycles. The van der Waals surface area contributed by atoms with Gasteiger partial charge >= 0.3 is 6.18 Å². The van der Waals surface area contributed by atoms with Crippen LogP contribution < -0.4 is 5.73 Å². The Balaban J connectivity index is 2.14. The number of pyridine rings is 1. The summed E-state index contributed by atoms with van der Waals surface area (Å²) < 4.78 is 43.3. The van der Waals surface area contributed by atoms with Gasteiger partial charge in [-0.05, 0) is 35.9 Å². The van der Waals surface area contributed by atoms with Crippen molar-refractivity contribution in [2.75, 3.05) is 5.73 Å². The van der Waals surface area contributed by atoms with E-state index in [2.05, 4.69) is 4.98 Å². The fourth-order valence-corrected chi connectivity index (χ4v) is 2.30. The van der Waals surface area contributed by atoms with Crippen LogP contribution in [0.3, 0.4) is 0 Å². The van der Waals surface area contributed by atoms with Crippen molar-refractivity contribution < 1.29 is 17.6 Å². The molecule has 0 saturated heterocycles. The Labute approximate surface area is 135 Å². The van der Waals surface area contributed by atoms with E-state index in [9.17, 15) is 18.4 Å². The van der Waals surface area contributed by atoms with Crippen LogP contribution in [0, 0.1) is 11.3 Å². The highest BCUT2D eigenvalue weighted by Crippen LogP contribution is 2.34. The highest BCUT2D eigenvalue weighted by Gasteiger charge is 2.30. The van der Waals surface area contributed by atoms with Crippen LogP contribution in [0.25, 0.3) is 22.6 Å². The number of nitriles is 1. The molecule has 120 valence electrons. The van der Waals surface area contributed by atoms with Gasteiger partial charge in [-0.1, -0.05) is 12.1 Å². The normalized spacial score (nSPS) is 11.2. The summed E-state index contributed by atoms with van der Waals surface area (Å²) in [6.45, 7) is 0. The van der Waals surface area contributed by atoms with Crippen molar-refractivity contribution in [3.05, 3.63) is 59.9 Å². The molecule has 4 nitrogen and oxygen atoms in total. The molecule has 0 amide bonds. The Morgan fingerprint density at radius 2 is 1.83 bits per heavy atom. The lowest BCUT2D eigenvalue weighted by molar-refractivity contribution is -0.137. The molecule has 0 fully saturated rings. The Kier molecular flexibility index (Phi) is 3.73. The van der Waals surface area contributed by atoms with Gasteiger partial charge in [0.05, 0.1) is 11.8 Å². The number of nitrogens with zero attached hydrogens (tertiary/aromatic N) is 2. The maximum absolute atomic E-state index is 12.7. The van der Waals surface area contributed by atoms with Crippen LogP contribution in [0.2, 0.25) is 0 Å². The Morgan fingerprint density at radius 3 is 2.38 bits per heavy atom. The smallest absolute Gasteiger partial charge is 0.416 e. The van der Waals surface area contributed by atoms with Gasteiger partial charge in [0.1, 0.15) is 23.1 Å². The number of nitrogen functional groups attached to an aromatic ring is 1. The summed E-state index contributed by atoms with van der Waals surface area (Å²) in [5, 5.41) is 9.29. The monoisotopic (exact) mass is 329 g/mol. The van der Waals surface area contributed by atoms with E-state index >= 15 is 0 Å². The minimum absolute atomic E-state index is 0.0127. The molecule has 0 aliphatic carbocycles. The number of furan rings is 1. The molecule has 0 spiro atoms. The third kappa shape index (κ3) is 2.82. The average molecular weight is 329 g/mol. The van der Waals surface area contributed by atoms with Crippen LogP contribution in [-0.4, -0.2) is 4.98 Å². The topological polar surface area (TPSA) is 75.8 Å². The van der Waals surface area contributed by atoms with E-state index in [0.717, 1.165) is 12.1 Å². The quantitative estimate of drug-likeness (QED) is 0.752. The maximum atomic E-state index is 12.7. The molecule has 0 bridgehead atoms. The zero-order valence-electron chi connectivity index (χ0n) is 12.1. The zero-order chi connectivity index (χ0) is 17.3. The summed E-state index contributed by atoms with van der Waals surface area (Å²) in [4.78, 5) is 4.11. The molecule has 3 aromatic rings. The molecule has 0 atom stereocenters. The summed E-state index contributed by atoms with van der Waals surface area (Å²) in [6.07, 6.45) is -2.96. The van der Waals surface area contributed by atoms with Crippen molar-refractivity contribution in [2.45, 2.75) is 6.18 Å². The Bertz CT molecular complexity index is 908. The molecule has 2 heterocycles. The number of rotatable bonds is 2. The molecule has 0 aliphatic rings. The molecule has 3 rings (SSSR count). The molecule has 24 heavy (non-hydrogen) atoms. The fourth-order valence-electron chi connectivity index (χ4n) is 2.30. The van der Waals surface area contributed by atoms with Crippen molar-refractivity contribution in [1.82, 2.24) is 4.98 Å². The summed E-state index contributed by atoms with van der Waals surface area (Å²) in [5.74, 6) is 0.431. The first kappa shape index (κ1) is 15.6. The first-order chi connectivity index (χ1) is 11.4. The number of hydrogen-bond acceptors (Lipinski definition) is 4. The Hall–Kier alpha value is -3.27. The number of hydrogen-bond donors (Lipinski definition) is 1. The summed E-state index contributed by atoms with van der Waals surface area (Å²) in [5.41, 5.74) is 6.38. The van der Waals surface area contributed by atoms with Gasteiger partial charge in [0, 0.05) is 5.56 Å². The third-order valence-corrected chi connectivity index (χ3v) is 3.46. The predicted molar refractivity (Wildman–Crippen MR) is 81.5 cm³/mol. The number of aromatic nitrogens is 1. The van der Waals surface area contributed by atoms with Crippen molar-refractivity contribution in [1.29, 1.82) is 5.26 Å². The molecule has 7 heteroatoms. The molecule has 2 N–H and O–H groups in total. The van der Waals surface area contributed by atoms with Gasteiger partial charge in [-0.3, -0.25) is 0 Å². The molecule has 2 aromatic heterocycles. The minimum Gasteiger partial charge on any atom is -0.463 e. The van der Waals surface area contributed by atoms with Crippen LogP contribution in [-0.2, 0) is 6.18 Å². The van der Waals surface area contributed by atoms with Crippen LogP contribution in [0.5, 0.6) is 0 Å². The molecule has 0 unspecified atom stereocenters. The van der Waals surface area contributed by atoms with Gasteiger partial charge in [-0.15, -0.1) is 0 Å². The summed E-state index contributed by atoms with van der Waals surface area (Å²) in [6, 6.07) is 11.4. The second-order valence-corrected chi connectivity index (χ2v) is 4.98. The second kappa shape index (κ2) is 5.74. The molecular weight excluding hydrogens is 319 g/mol. The average Bonchev–Trinajstić information content (AvgIpc) is 3.08. The number of alkyl halides is 3. The fraction of sp³-hybridized carbons (Fsp3) is 0.0588. The van der Waals surface area contributed by atoms with E-state index in [0.29, 0.717) is 22.6 Å². The van der Waals surface area contributed by atoms with Gasteiger partial charge in [0.25, 0.3) is 0 Å². The number of halogens is 3. The van der Waals surface area contributed by atoms with Gasteiger partial charge in [-0.25, -0.2) is 4.98 Å². The maximum Gasteiger partial charge on any atom is 0.416 e. The number of benzene rings is 1. The van der Waals surface area contributed by atoms with Crippen LogP contribution in [0.1, 0.15) is 11.1 Å². The minimum atomic E-state index is -4.42. The number of nitrogens with two attached hydrogens (primary N) is 1. The van der Waals surface area contributed by atoms with E-state index in [1.165, 1.54) is 18.4 Å². The summed E-state index contributed by atoms with van der Waals surface area (Å²) >= 11 is 0. The van der Waals surface area contributed by atoms with Crippen molar-refractivity contribution >= 4 is 5.82 Å². The van der Waals surface area contributed by atoms with E-state index in [-0.39, 0.29) is 11.4 Å². The van der Waals surface area contributed by atoms with Crippen molar-refractivity contribution in [3.63, 3.8) is 0 Å². The lowest BCUT2D eigenvalue weighted by atomic mass is 9.98. The molecule has 1 aromatic carbocycles. The Morgan fingerprint density at radius 1 is 1.12 bits per heavy atom. The molecule has 0 aliphatic heterocycles. The van der Waals surface area contributed by atoms with E-state index < -0.39 is 11.7 Å². The van der Waals surface area contributed by atoms with Crippen LogP contribution in [0.4, 0.5) is 19.0 Å². The van der Waals surface area contributed by atoms with Crippen LogP contribution in [0.15, 0.2) is 53.1 Å². The van der Waals surface area contributed by atoms with Crippen molar-refractivity contribution in [2.24, 2.45) is 0 Å². The highest BCUT2D eigenvalue weighted by molar-refractivity contribution is 5.79. The SMILES string of the molecule is N#Cc1c(-c2ccc(C(F)(F)F)cc2)cc(-c2ccco2)nc1N. The van der Waals surface area contributed by atoms with E-state index in [1.807, 2.05) is 6.07 Å².